The SMILES string of the molecule is CCOC(=O)c1c(NC(=S)NC(=O)c2ccc(OCC(C)C)c(Br)c2)sc2c1CCC2. The normalized spacial score (nSPS) is 12.4. The number of thiophene rings is 1. The van der Waals surface area contributed by atoms with Gasteiger partial charge in [-0.25, -0.2) is 4.79 Å². The number of halogens is 1. The summed E-state index contributed by atoms with van der Waals surface area (Å²) in [4.78, 5) is 26.3. The van der Waals surface area contributed by atoms with Crippen molar-refractivity contribution in [2.75, 3.05) is 18.5 Å². The van der Waals surface area contributed by atoms with Crippen LogP contribution in [0.25, 0.3) is 0 Å². The molecule has 1 aliphatic rings. The van der Waals surface area contributed by atoms with Gasteiger partial charge in [0, 0.05) is 10.4 Å². The number of fused-ring (bicyclic) bond motifs is 1. The van der Waals surface area contributed by atoms with Crippen molar-refractivity contribution in [1.82, 2.24) is 5.32 Å². The van der Waals surface area contributed by atoms with Crippen LogP contribution in [0.4, 0.5) is 5.00 Å². The predicted molar refractivity (Wildman–Crippen MR) is 130 cm³/mol. The van der Waals surface area contributed by atoms with Gasteiger partial charge >= 0.3 is 5.97 Å². The van der Waals surface area contributed by atoms with E-state index >= 15 is 0 Å². The van der Waals surface area contributed by atoms with E-state index in [2.05, 4.69) is 40.4 Å². The number of carbonyl (C=O) groups excluding carboxylic acids is 2. The minimum Gasteiger partial charge on any atom is -0.492 e. The first-order valence-corrected chi connectivity index (χ1v) is 12.2. The van der Waals surface area contributed by atoms with Gasteiger partial charge in [0.15, 0.2) is 5.11 Å². The average Bonchev–Trinajstić information content (AvgIpc) is 3.27. The molecule has 166 valence electrons. The molecule has 6 nitrogen and oxygen atoms in total. The van der Waals surface area contributed by atoms with Crippen molar-refractivity contribution in [1.29, 1.82) is 0 Å². The van der Waals surface area contributed by atoms with Gasteiger partial charge in [-0.1, -0.05) is 13.8 Å². The highest BCUT2D eigenvalue weighted by Crippen LogP contribution is 2.39. The van der Waals surface area contributed by atoms with Crippen molar-refractivity contribution in [3.05, 3.63) is 44.2 Å². The molecule has 0 unspecified atom stereocenters. The quantitative estimate of drug-likeness (QED) is 0.376. The lowest BCUT2D eigenvalue weighted by Crippen LogP contribution is -2.34. The Hall–Kier alpha value is -1.97. The summed E-state index contributed by atoms with van der Waals surface area (Å²) in [5.41, 5.74) is 2.00. The van der Waals surface area contributed by atoms with E-state index in [1.165, 1.54) is 16.2 Å². The minimum atomic E-state index is -0.362. The highest BCUT2D eigenvalue weighted by Gasteiger charge is 2.28. The first-order valence-electron chi connectivity index (χ1n) is 10.2. The number of carbonyl (C=O) groups is 2. The van der Waals surface area contributed by atoms with Crippen molar-refractivity contribution in [3.8, 4) is 5.75 Å². The fraction of sp³-hybridized carbons (Fsp3) is 0.409. The topological polar surface area (TPSA) is 76.7 Å². The number of benzene rings is 1. The Kier molecular flexibility index (Phi) is 8.07. The maximum Gasteiger partial charge on any atom is 0.341 e. The molecule has 1 aromatic carbocycles. The van der Waals surface area contributed by atoms with E-state index in [0.717, 1.165) is 24.8 Å². The van der Waals surface area contributed by atoms with Crippen LogP contribution in [0.2, 0.25) is 0 Å². The second-order valence-corrected chi connectivity index (χ2v) is 9.91. The Morgan fingerprint density at radius 2 is 2.06 bits per heavy atom. The van der Waals surface area contributed by atoms with Crippen LogP contribution < -0.4 is 15.4 Å². The number of anilines is 1. The van der Waals surface area contributed by atoms with Crippen molar-refractivity contribution in [3.63, 3.8) is 0 Å². The van der Waals surface area contributed by atoms with Crippen LogP contribution in [0, 0.1) is 5.92 Å². The van der Waals surface area contributed by atoms with Gasteiger partial charge in [-0.05, 0) is 84.0 Å². The molecule has 1 aromatic heterocycles. The molecular formula is C22H25BrN2O4S2. The molecule has 0 radical (unpaired) electrons. The highest BCUT2D eigenvalue weighted by molar-refractivity contribution is 9.10. The molecule has 9 heteroatoms. The molecule has 0 atom stereocenters. The minimum absolute atomic E-state index is 0.131. The predicted octanol–water partition coefficient (Wildman–Crippen LogP) is 5.34. The molecule has 1 amide bonds. The molecular weight excluding hydrogens is 500 g/mol. The van der Waals surface area contributed by atoms with Gasteiger partial charge in [-0.2, -0.15) is 0 Å². The third kappa shape index (κ3) is 5.84. The van der Waals surface area contributed by atoms with Crippen LogP contribution in [0.1, 0.15) is 58.3 Å². The maximum atomic E-state index is 12.6. The summed E-state index contributed by atoms with van der Waals surface area (Å²) in [5, 5.41) is 6.45. The molecule has 2 N–H and O–H groups in total. The second kappa shape index (κ2) is 10.6. The third-order valence-corrected chi connectivity index (χ3v) is 6.65. The zero-order chi connectivity index (χ0) is 22.5. The molecule has 0 fully saturated rings. The molecule has 1 aliphatic carbocycles. The van der Waals surface area contributed by atoms with Crippen molar-refractivity contribution < 1.29 is 19.1 Å². The fourth-order valence-corrected chi connectivity index (χ4v) is 5.27. The van der Waals surface area contributed by atoms with E-state index in [-0.39, 0.29) is 17.0 Å². The molecule has 2 aromatic rings. The lowest BCUT2D eigenvalue weighted by molar-refractivity contribution is 0.0527. The van der Waals surface area contributed by atoms with Crippen molar-refractivity contribution >= 4 is 61.5 Å². The van der Waals surface area contributed by atoms with Crippen LogP contribution >= 0.6 is 39.5 Å². The molecule has 31 heavy (non-hydrogen) atoms. The standard InChI is InChI=1S/C22H25BrN2O4S2/c1-4-28-21(27)18-14-6-5-7-17(14)31-20(18)25-22(30)24-19(26)13-8-9-16(15(23)10-13)29-11-12(2)3/h8-10,12H,4-7,11H2,1-3H3,(H2,24,25,26,30). The summed E-state index contributed by atoms with van der Waals surface area (Å²) in [6.07, 6.45) is 2.81. The van der Waals surface area contributed by atoms with Gasteiger partial charge in [0.1, 0.15) is 10.8 Å². The smallest absolute Gasteiger partial charge is 0.341 e. The first-order chi connectivity index (χ1) is 14.8. The largest absolute Gasteiger partial charge is 0.492 e. The Morgan fingerprint density at radius 1 is 1.29 bits per heavy atom. The van der Waals surface area contributed by atoms with Crippen LogP contribution in [0.15, 0.2) is 22.7 Å². The Balaban J connectivity index is 1.68. The van der Waals surface area contributed by atoms with Gasteiger partial charge in [-0.3, -0.25) is 10.1 Å². The van der Waals surface area contributed by atoms with Crippen LogP contribution in [0.3, 0.4) is 0 Å². The molecule has 0 saturated heterocycles. The summed E-state index contributed by atoms with van der Waals surface area (Å²) >= 11 is 10.3. The average molecular weight is 525 g/mol. The molecule has 0 bridgehead atoms. The summed E-state index contributed by atoms with van der Waals surface area (Å²) < 4.78 is 11.6. The third-order valence-electron chi connectivity index (χ3n) is 4.62. The number of rotatable bonds is 7. The zero-order valence-corrected chi connectivity index (χ0v) is 20.9. The first kappa shape index (κ1) is 23.7. The molecule has 0 spiro atoms. The van der Waals surface area contributed by atoms with Crippen molar-refractivity contribution in [2.24, 2.45) is 5.92 Å². The second-order valence-electron chi connectivity index (χ2n) is 7.54. The summed E-state index contributed by atoms with van der Waals surface area (Å²) in [5.74, 6) is 0.365. The van der Waals surface area contributed by atoms with E-state index in [1.54, 1.807) is 25.1 Å². The molecule has 0 saturated carbocycles. The maximum absolute atomic E-state index is 12.6. The number of hydrogen-bond donors (Lipinski definition) is 2. The number of ether oxygens (including phenoxy) is 2. The summed E-state index contributed by atoms with van der Waals surface area (Å²) in [6, 6.07) is 5.12. The highest BCUT2D eigenvalue weighted by atomic mass is 79.9. The lowest BCUT2D eigenvalue weighted by atomic mass is 10.1. The lowest BCUT2D eigenvalue weighted by Gasteiger charge is -2.13. The fourth-order valence-electron chi connectivity index (χ4n) is 3.24. The van der Waals surface area contributed by atoms with Gasteiger partial charge < -0.3 is 14.8 Å². The molecule has 3 rings (SSSR count). The van der Waals surface area contributed by atoms with Gasteiger partial charge in [-0.15, -0.1) is 11.3 Å². The van der Waals surface area contributed by atoms with Gasteiger partial charge in [0.2, 0.25) is 0 Å². The van der Waals surface area contributed by atoms with E-state index < -0.39 is 0 Å². The Morgan fingerprint density at radius 3 is 2.74 bits per heavy atom. The number of thiocarbonyl (C=S) groups is 1. The van der Waals surface area contributed by atoms with Crippen molar-refractivity contribution in [2.45, 2.75) is 40.0 Å². The van der Waals surface area contributed by atoms with Gasteiger partial charge in [0.05, 0.1) is 23.2 Å². The van der Waals surface area contributed by atoms with Crippen LogP contribution in [-0.2, 0) is 17.6 Å². The van der Waals surface area contributed by atoms with Crippen LogP contribution in [-0.4, -0.2) is 30.2 Å². The van der Waals surface area contributed by atoms with Gasteiger partial charge in [0.25, 0.3) is 5.91 Å². The number of aryl methyl sites for hydroxylation is 1. The summed E-state index contributed by atoms with van der Waals surface area (Å²) in [7, 11) is 0. The number of amides is 1. The monoisotopic (exact) mass is 524 g/mol. The Bertz CT molecular complexity index is 1000. The van der Waals surface area contributed by atoms with E-state index in [0.29, 0.717) is 45.5 Å². The van der Waals surface area contributed by atoms with E-state index in [1.807, 2.05) is 0 Å². The Labute approximate surface area is 199 Å². The number of nitrogens with one attached hydrogen (secondary N) is 2. The van der Waals surface area contributed by atoms with E-state index in [9.17, 15) is 9.59 Å². The zero-order valence-electron chi connectivity index (χ0n) is 17.7. The molecule has 0 aliphatic heterocycles. The van der Waals surface area contributed by atoms with E-state index in [4.69, 9.17) is 21.7 Å². The number of esters is 1. The summed E-state index contributed by atoms with van der Waals surface area (Å²) in [6.45, 7) is 6.81. The molecule has 1 heterocycles. The van der Waals surface area contributed by atoms with Crippen LogP contribution in [0.5, 0.6) is 5.75 Å². The number of hydrogen-bond acceptors (Lipinski definition) is 6.